The molecule has 0 bridgehead atoms. The lowest BCUT2D eigenvalue weighted by atomic mass is 10.2. The minimum absolute atomic E-state index is 0.417. The zero-order valence-corrected chi connectivity index (χ0v) is 10.4. The Hall–Kier alpha value is -2.01. The molecule has 0 unspecified atom stereocenters. The number of aromatic nitrogens is 3. The first-order valence-electron chi connectivity index (χ1n) is 6.00. The number of anilines is 1. The van der Waals surface area contributed by atoms with Gasteiger partial charge in [0.05, 0.1) is 17.9 Å². The van der Waals surface area contributed by atoms with E-state index in [1.54, 1.807) is 0 Å². The molecule has 0 aromatic carbocycles. The fourth-order valence-corrected chi connectivity index (χ4v) is 1.56. The lowest BCUT2D eigenvalue weighted by Crippen LogP contribution is -2.06. The molecule has 0 saturated heterocycles. The molecule has 2 aromatic heterocycles. The van der Waals surface area contributed by atoms with E-state index in [9.17, 15) is 0 Å². The van der Waals surface area contributed by atoms with E-state index in [2.05, 4.69) is 33.3 Å². The van der Waals surface area contributed by atoms with Gasteiger partial charge in [-0.2, -0.15) is 0 Å². The van der Waals surface area contributed by atoms with Crippen molar-refractivity contribution >= 4 is 5.82 Å². The number of nitrogens with zero attached hydrogens (tertiary/aromatic N) is 3. The van der Waals surface area contributed by atoms with Crippen molar-refractivity contribution in [3.8, 4) is 0 Å². The van der Waals surface area contributed by atoms with Gasteiger partial charge in [-0.3, -0.25) is 4.98 Å². The minimum atomic E-state index is 0.417. The van der Waals surface area contributed by atoms with Crippen LogP contribution in [0.3, 0.4) is 0 Å². The number of hydrogen-bond acceptors (Lipinski definition) is 5. The molecule has 2 aromatic rings. The van der Waals surface area contributed by atoms with Crippen LogP contribution in [-0.4, -0.2) is 15.0 Å². The van der Waals surface area contributed by atoms with Gasteiger partial charge in [0.15, 0.2) is 0 Å². The van der Waals surface area contributed by atoms with Crippen LogP contribution in [0.25, 0.3) is 0 Å². The Balaban J connectivity index is 1.97. The molecule has 0 saturated carbocycles. The molecular formula is C13H17N5. The molecule has 0 aliphatic carbocycles. The van der Waals surface area contributed by atoms with E-state index >= 15 is 0 Å². The maximum absolute atomic E-state index is 5.53. The quantitative estimate of drug-likeness (QED) is 0.832. The standard InChI is InChI=1S/C13H17N5/c1-2-10-3-4-11(15-7-10)8-16-13-5-12(6-14)17-9-18-13/h3-5,7,9H,2,6,8,14H2,1H3,(H,16,17,18). The molecule has 0 radical (unpaired) electrons. The number of nitrogens with two attached hydrogens (primary N) is 1. The highest BCUT2D eigenvalue weighted by atomic mass is 15.0. The number of hydrogen-bond donors (Lipinski definition) is 2. The number of rotatable bonds is 5. The van der Waals surface area contributed by atoms with E-state index in [4.69, 9.17) is 5.73 Å². The maximum Gasteiger partial charge on any atom is 0.129 e. The highest BCUT2D eigenvalue weighted by Crippen LogP contribution is 2.06. The molecule has 0 fully saturated rings. The molecular weight excluding hydrogens is 226 g/mol. The third kappa shape index (κ3) is 3.24. The van der Waals surface area contributed by atoms with Crippen molar-refractivity contribution in [1.29, 1.82) is 0 Å². The van der Waals surface area contributed by atoms with Crippen molar-refractivity contribution in [3.05, 3.63) is 47.7 Å². The predicted molar refractivity (Wildman–Crippen MR) is 70.9 cm³/mol. The summed E-state index contributed by atoms with van der Waals surface area (Å²) < 4.78 is 0. The monoisotopic (exact) mass is 243 g/mol. The van der Waals surface area contributed by atoms with Gasteiger partial charge < -0.3 is 11.1 Å². The molecule has 2 heterocycles. The van der Waals surface area contributed by atoms with Gasteiger partial charge in [0, 0.05) is 18.8 Å². The first-order chi connectivity index (χ1) is 8.81. The summed E-state index contributed by atoms with van der Waals surface area (Å²) in [5.41, 5.74) is 8.58. The highest BCUT2D eigenvalue weighted by molar-refractivity contribution is 5.35. The second-order valence-corrected chi connectivity index (χ2v) is 3.96. The van der Waals surface area contributed by atoms with Crippen LogP contribution >= 0.6 is 0 Å². The fourth-order valence-electron chi connectivity index (χ4n) is 1.56. The molecule has 18 heavy (non-hydrogen) atoms. The van der Waals surface area contributed by atoms with Crippen LogP contribution in [0, 0.1) is 0 Å². The zero-order chi connectivity index (χ0) is 12.8. The number of nitrogens with one attached hydrogen (secondary N) is 1. The van der Waals surface area contributed by atoms with E-state index in [0.717, 1.165) is 23.6 Å². The molecule has 5 nitrogen and oxygen atoms in total. The van der Waals surface area contributed by atoms with E-state index in [1.807, 2.05) is 18.3 Å². The van der Waals surface area contributed by atoms with Crippen molar-refractivity contribution in [2.75, 3.05) is 5.32 Å². The van der Waals surface area contributed by atoms with Gasteiger partial charge in [0.1, 0.15) is 12.1 Å². The third-order valence-electron chi connectivity index (χ3n) is 2.68. The summed E-state index contributed by atoms with van der Waals surface area (Å²) in [4.78, 5) is 12.6. The van der Waals surface area contributed by atoms with Gasteiger partial charge >= 0.3 is 0 Å². The Morgan fingerprint density at radius 1 is 1.17 bits per heavy atom. The molecule has 5 heteroatoms. The summed E-state index contributed by atoms with van der Waals surface area (Å²) in [5, 5.41) is 3.20. The SMILES string of the molecule is CCc1ccc(CNc2cc(CN)ncn2)nc1. The van der Waals surface area contributed by atoms with Crippen LogP contribution in [0.15, 0.2) is 30.7 Å². The second-order valence-electron chi connectivity index (χ2n) is 3.96. The summed E-state index contributed by atoms with van der Waals surface area (Å²) >= 11 is 0. The molecule has 0 atom stereocenters. The van der Waals surface area contributed by atoms with Gasteiger partial charge in [-0.15, -0.1) is 0 Å². The fraction of sp³-hybridized carbons (Fsp3) is 0.308. The average Bonchev–Trinajstić information content (AvgIpc) is 2.46. The maximum atomic E-state index is 5.53. The van der Waals surface area contributed by atoms with Gasteiger partial charge in [0.25, 0.3) is 0 Å². The summed E-state index contributed by atoms with van der Waals surface area (Å²) in [6, 6.07) is 5.96. The summed E-state index contributed by atoms with van der Waals surface area (Å²) in [6.07, 6.45) is 4.42. The summed E-state index contributed by atoms with van der Waals surface area (Å²) in [7, 11) is 0. The Morgan fingerprint density at radius 3 is 2.72 bits per heavy atom. The smallest absolute Gasteiger partial charge is 0.129 e. The Bertz CT molecular complexity index is 495. The number of pyridine rings is 1. The second kappa shape index (κ2) is 6.07. The lowest BCUT2D eigenvalue weighted by Gasteiger charge is -2.06. The number of aryl methyl sites for hydroxylation is 1. The largest absolute Gasteiger partial charge is 0.364 e. The molecule has 2 rings (SSSR count). The molecule has 0 aliphatic rings. The third-order valence-corrected chi connectivity index (χ3v) is 2.68. The van der Waals surface area contributed by atoms with Crippen LogP contribution < -0.4 is 11.1 Å². The van der Waals surface area contributed by atoms with E-state index in [1.165, 1.54) is 11.9 Å². The zero-order valence-electron chi connectivity index (χ0n) is 10.4. The van der Waals surface area contributed by atoms with E-state index in [-0.39, 0.29) is 0 Å². The van der Waals surface area contributed by atoms with Crippen molar-refractivity contribution in [2.24, 2.45) is 5.73 Å². The molecule has 3 N–H and O–H groups in total. The van der Waals surface area contributed by atoms with Crippen LogP contribution in [-0.2, 0) is 19.5 Å². The minimum Gasteiger partial charge on any atom is -0.364 e. The topological polar surface area (TPSA) is 76.7 Å². The van der Waals surface area contributed by atoms with Crippen molar-refractivity contribution in [1.82, 2.24) is 15.0 Å². The normalized spacial score (nSPS) is 10.3. The molecule has 0 amide bonds. The average molecular weight is 243 g/mol. The van der Waals surface area contributed by atoms with Crippen molar-refractivity contribution < 1.29 is 0 Å². The van der Waals surface area contributed by atoms with Crippen LogP contribution in [0.4, 0.5) is 5.82 Å². The first-order valence-corrected chi connectivity index (χ1v) is 6.00. The van der Waals surface area contributed by atoms with Gasteiger partial charge in [-0.05, 0) is 18.1 Å². The van der Waals surface area contributed by atoms with Crippen molar-refractivity contribution in [2.45, 2.75) is 26.4 Å². The van der Waals surface area contributed by atoms with Crippen LogP contribution in [0.2, 0.25) is 0 Å². The van der Waals surface area contributed by atoms with Crippen LogP contribution in [0.5, 0.6) is 0 Å². The molecule has 94 valence electrons. The molecule has 0 spiro atoms. The highest BCUT2D eigenvalue weighted by Gasteiger charge is 1.99. The van der Waals surface area contributed by atoms with Gasteiger partial charge in [-0.25, -0.2) is 9.97 Å². The summed E-state index contributed by atoms with van der Waals surface area (Å²) in [6.45, 7) is 3.18. The lowest BCUT2D eigenvalue weighted by molar-refractivity contribution is 0.949. The van der Waals surface area contributed by atoms with Crippen molar-refractivity contribution in [3.63, 3.8) is 0 Å². The van der Waals surface area contributed by atoms with Crippen LogP contribution in [0.1, 0.15) is 23.9 Å². The van der Waals surface area contributed by atoms with E-state index in [0.29, 0.717) is 13.1 Å². The predicted octanol–water partition coefficient (Wildman–Crippen LogP) is 1.50. The Labute approximate surface area is 106 Å². The Kier molecular flexibility index (Phi) is 4.20. The van der Waals surface area contributed by atoms with Gasteiger partial charge in [0.2, 0.25) is 0 Å². The van der Waals surface area contributed by atoms with Gasteiger partial charge in [-0.1, -0.05) is 13.0 Å². The van der Waals surface area contributed by atoms with E-state index < -0.39 is 0 Å². The molecule has 0 aliphatic heterocycles. The first kappa shape index (κ1) is 12.4. The Morgan fingerprint density at radius 2 is 2.06 bits per heavy atom. The summed E-state index contributed by atoms with van der Waals surface area (Å²) in [5.74, 6) is 0.770.